The van der Waals surface area contributed by atoms with E-state index >= 15 is 8.78 Å². The van der Waals surface area contributed by atoms with Gasteiger partial charge in [0, 0.05) is 28.4 Å². The lowest BCUT2D eigenvalue weighted by Crippen LogP contribution is -2.30. The van der Waals surface area contributed by atoms with Crippen LogP contribution in [-0.2, 0) is 5.54 Å². The van der Waals surface area contributed by atoms with Crippen LogP contribution < -0.4 is 5.43 Å². The number of pyridine rings is 1. The van der Waals surface area contributed by atoms with Crippen molar-refractivity contribution in [3.63, 3.8) is 0 Å². The number of aromatic amines is 1. The first-order valence-corrected chi connectivity index (χ1v) is 9.95. The Morgan fingerprint density at radius 3 is 2.72 bits per heavy atom. The van der Waals surface area contributed by atoms with Crippen molar-refractivity contribution < 1.29 is 13.9 Å². The van der Waals surface area contributed by atoms with Crippen molar-refractivity contribution in [2.45, 2.75) is 19.4 Å². The Labute approximate surface area is 186 Å². The van der Waals surface area contributed by atoms with Crippen molar-refractivity contribution in [3.8, 4) is 28.5 Å². The van der Waals surface area contributed by atoms with Crippen molar-refractivity contribution in [2.24, 2.45) is 0 Å². The summed E-state index contributed by atoms with van der Waals surface area (Å²) in [6.07, 6.45) is 2.69. The van der Waals surface area contributed by atoms with Crippen LogP contribution in [0.2, 0.25) is 5.02 Å². The summed E-state index contributed by atoms with van der Waals surface area (Å²) in [6, 6.07) is 8.69. The van der Waals surface area contributed by atoms with Gasteiger partial charge in [0.15, 0.2) is 5.43 Å². The molecule has 0 saturated carbocycles. The third-order valence-corrected chi connectivity index (χ3v) is 5.60. The summed E-state index contributed by atoms with van der Waals surface area (Å²) in [4.78, 5) is 15.7. The van der Waals surface area contributed by atoms with Crippen molar-refractivity contribution in [3.05, 3.63) is 75.2 Å². The molecule has 0 saturated heterocycles. The lowest BCUT2D eigenvalue weighted by Gasteiger charge is -2.22. The molecule has 0 unspecified atom stereocenters. The second-order valence-electron chi connectivity index (χ2n) is 7.97. The molecule has 6 nitrogen and oxygen atoms in total. The molecule has 0 spiro atoms. The Morgan fingerprint density at radius 2 is 2.03 bits per heavy atom. The molecule has 0 radical (unpaired) electrons. The molecule has 0 amide bonds. The summed E-state index contributed by atoms with van der Waals surface area (Å²) in [5.41, 5.74) is -0.832. The highest BCUT2D eigenvalue weighted by atomic mass is 35.5. The molecule has 0 fully saturated rings. The van der Waals surface area contributed by atoms with Gasteiger partial charge in [0.2, 0.25) is 0 Å². The van der Waals surface area contributed by atoms with Crippen LogP contribution in [-0.4, -0.2) is 26.5 Å². The fraction of sp³-hybridized carbons (Fsp3) is 0.174. The van der Waals surface area contributed by atoms with Gasteiger partial charge in [0.05, 0.1) is 52.1 Å². The van der Waals surface area contributed by atoms with Gasteiger partial charge in [-0.2, -0.15) is 10.4 Å². The number of nitriles is 1. The quantitative estimate of drug-likeness (QED) is 0.471. The average Bonchev–Trinajstić information content (AvgIpc) is 3.24. The Balaban J connectivity index is 1.91. The van der Waals surface area contributed by atoms with E-state index in [2.05, 4.69) is 10.1 Å². The molecule has 0 aliphatic carbocycles. The Morgan fingerprint density at radius 1 is 1.28 bits per heavy atom. The van der Waals surface area contributed by atoms with Gasteiger partial charge < -0.3 is 10.1 Å². The van der Waals surface area contributed by atoms with Crippen molar-refractivity contribution in [1.82, 2.24) is 14.8 Å². The summed E-state index contributed by atoms with van der Waals surface area (Å²) in [6.45, 7) is 3.21. The molecular formula is C23H17ClF2N4O2. The maximum absolute atomic E-state index is 15.4. The minimum atomic E-state index is -1.02. The van der Waals surface area contributed by atoms with Crippen LogP contribution in [0.25, 0.3) is 33.3 Å². The maximum Gasteiger partial charge on any atom is 0.193 e. The first-order valence-electron chi connectivity index (χ1n) is 9.57. The summed E-state index contributed by atoms with van der Waals surface area (Å²) in [5, 5.41) is 22.7. The number of hydrogen-bond donors (Lipinski definition) is 2. The second-order valence-corrected chi connectivity index (χ2v) is 8.37. The van der Waals surface area contributed by atoms with E-state index in [9.17, 15) is 9.90 Å². The van der Waals surface area contributed by atoms with Gasteiger partial charge in [0.25, 0.3) is 0 Å². The highest BCUT2D eigenvalue weighted by Crippen LogP contribution is 2.33. The smallest absolute Gasteiger partial charge is 0.193 e. The van der Waals surface area contributed by atoms with Crippen LogP contribution in [0.1, 0.15) is 19.4 Å². The highest BCUT2D eigenvalue weighted by Gasteiger charge is 2.24. The third-order valence-electron chi connectivity index (χ3n) is 5.27. The molecule has 162 valence electrons. The first-order chi connectivity index (χ1) is 15.2. The molecule has 2 aromatic heterocycles. The van der Waals surface area contributed by atoms with E-state index in [0.29, 0.717) is 11.1 Å². The van der Waals surface area contributed by atoms with Crippen LogP contribution in [0.3, 0.4) is 0 Å². The summed E-state index contributed by atoms with van der Waals surface area (Å²) < 4.78 is 31.8. The predicted molar refractivity (Wildman–Crippen MR) is 117 cm³/mol. The van der Waals surface area contributed by atoms with Gasteiger partial charge >= 0.3 is 0 Å². The maximum atomic E-state index is 15.4. The Kier molecular flexibility index (Phi) is 5.33. The zero-order valence-corrected chi connectivity index (χ0v) is 17.8. The number of benzene rings is 2. The summed E-state index contributed by atoms with van der Waals surface area (Å²) in [7, 11) is 0. The highest BCUT2D eigenvalue weighted by molar-refractivity contribution is 6.33. The van der Waals surface area contributed by atoms with Crippen molar-refractivity contribution in [2.75, 3.05) is 6.61 Å². The second kappa shape index (κ2) is 7.86. The lowest BCUT2D eigenvalue weighted by atomic mass is 10.0. The third kappa shape index (κ3) is 3.55. The van der Waals surface area contributed by atoms with Crippen LogP contribution in [0.15, 0.2) is 47.5 Å². The zero-order chi connectivity index (χ0) is 23.2. The van der Waals surface area contributed by atoms with Crippen molar-refractivity contribution in [1.29, 1.82) is 5.26 Å². The van der Waals surface area contributed by atoms with Gasteiger partial charge in [-0.1, -0.05) is 11.6 Å². The van der Waals surface area contributed by atoms with E-state index in [0.717, 1.165) is 12.1 Å². The molecule has 0 bridgehead atoms. The summed E-state index contributed by atoms with van der Waals surface area (Å²) >= 11 is 6.20. The van der Waals surface area contributed by atoms with Crippen LogP contribution >= 0.6 is 11.6 Å². The van der Waals surface area contributed by atoms with E-state index in [4.69, 9.17) is 16.9 Å². The van der Waals surface area contributed by atoms with E-state index in [-0.39, 0.29) is 39.4 Å². The van der Waals surface area contributed by atoms with E-state index in [1.54, 1.807) is 13.8 Å². The standard InChI is InChI=1S/C23H17ClF2N4O2/c1-23(2,11-31)30-10-13(9-28-30)20-16(25)6-18-21(22(20)26)19(32)7-17(29-18)14-5-12(8-27)3-4-15(14)24/h3-7,9-10,31H,11H2,1-2H3,(H,29,32). The minimum absolute atomic E-state index is 0.0484. The number of nitrogens with zero attached hydrogens (tertiary/aromatic N) is 3. The van der Waals surface area contributed by atoms with Gasteiger partial charge in [-0.15, -0.1) is 0 Å². The van der Waals surface area contributed by atoms with Crippen molar-refractivity contribution >= 4 is 22.5 Å². The molecule has 0 atom stereocenters. The average molecular weight is 455 g/mol. The summed E-state index contributed by atoms with van der Waals surface area (Å²) in [5.74, 6) is -1.91. The topological polar surface area (TPSA) is 94.7 Å². The van der Waals surface area contributed by atoms with Gasteiger partial charge in [-0.3, -0.25) is 9.48 Å². The number of nitrogens with one attached hydrogen (secondary N) is 1. The largest absolute Gasteiger partial charge is 0.394 e. The van der Waals surface area contributed by atoms with Crippen LogP contribution in [0.4, 0.5) is 8.78 Å². The van der Waals surface area contributed by atoms with Crippen LogP contribution in [0.5, 0.6) is 0 Å². The molecule has 2 N–H and O–H groups in total. The normalized spacial score (nSPS) is 11.7. The molecule has 4 rings (SSSR count). The predicted octanol–water partition coefficient (Wildman–Crippen LogP) is 4.59. The number of fused-ring (bicyclic) bond motifs is 1. The SMILES string of the molecule is CC(C)(CO)n1cc(-c2c(F)cc3[nH]c(-c4cc(C#N)ccc4Cl)cc(=O)c3c2F)cn1. The molecule has 9 heteroatoms. The van der Waals surface area contributed by atoms with Gasteiger partial charge in [0.1, 0.15) is 11.6 Å². The Bertz CT molecular complexity index is 1470. The van der Waals surface area contributed by atoms with Gasteiger partial charge in [-0.05, 0) is 38.1 Å². The molecule has 0 aliphatic rings. The number of hydrogen-bond acceptors (Lipinski definition) is 4. The molecule has 0 aliphatic heterocycles. The van der Waals surface area contributed by atoms with Crippen LogP contribution in [0, 0.1) is 23.0 Å². The molecule has 32 heavy (non-hydrogen) atoms. The van der Waals surface area contributed by atoms with E-state index in [1.165, 1.54) is 35.3 Å². The number of aliphatic hydroxyl groups is 1. The number of H-pyrrole nitrogens is 1. The Hall–Kier alpha value is -3.54. The number of rotatable bonds is 4. The number of halogens is 3. The zero-order valence-electron chi connectivity index (χ0n) is 17.1. The molecular weight excluding hydrogens is 438 g/mol. The van der Waals surface area contributed by atoms with Gasteiger partial charge in [-0.25, -0.2) is 8.78 Å². The molecule has 2 aromatic carbocycles. The van der Waals surface area contributed by atoms with E-state index < -0.39 is 22.6 Å². The number of aromatic nitrogens is 3. The molecule has 4 aromatic rings. The first kappa shape index (κ1) is 21.7. The van der Waals surface area contributed by atoms with E-state index in [1.807, 2.05) is 6.07 Å². The lowest BCUT2D eigenvalue weighted by molar-refractivity contribution is 0.152. The number of aliphatic hydroxyl groups excluding tert-OH is 1. The molecule has 2 heterocycles. The monoisotopic (exact) mass is 454 g/mol. The minimum Gasteiger partial charge on any atom is -0.394 e. The fourth-order valence-corrected chi connectivity index (χ4v) is 3.63. The fourth-order valence-electron chi connectivity index (χ4n) is 3.41.